The summed E-state index contributed by atoms with van der Waals surface area (Å²) in [6.45, 7) is 3.39. The van der Waals surface area contributed by atoms with Crippen LogP contribution in [0.25, 0.3) is 0 Å². The molecule has 4 aromatic rings. The Morgan fingerprint density at radius 1 is 0.661 bits per heavy atom. The molecule has 304 valence electrons. The Labute approximate surface area is 346 Å². The SMILES string of the molecule is C.CCOC(=O)/C(=C\N(C)C)S(=O)(=O)c1ccc(OC)cc1.CCOC(=O)/C(=C\Nc1ccc(Br)cc1)S(=O)(=O)c1ccc(OC)cc1.Nc1ccc(Br)cc1. The lowest BCUT2D eigenvalue weighted by Gasteiger charge is -2.12. The number of anilines is 2. The van der Waals surface area contributed by atoms with E-state index < -0.39 is 41.4 Å². The number of nitrogens with one attached hydrogen (secondary N) is 1. The average molecular weight is 942 g/mol. The Kier molecular flexibility index (Phi) is 21.0. The van der Waals surface area contributed by atoms with Crippen LogP contribution < -0.4 is 20.5 Å². The third-order valence-electron chi connectivity index (χ3n) is 6.73. The lowest BCUT2D eigenvalue weighted by molar-refractivity contribution is -0.138. The molecule has 4 rings (SSSR count). The predicted molar refractivity (Wildman–Crippen MR) is 227 cm³/mol. The van der Waals surface area contributed by atoms with Gasteiger partial charge in [0.1, 0.15) is 11.5 Å². The highest BCUT2D eigenvalue weighted by atomic mass is 79.9. The normalized spacial score (nSPS) is 11.2. The van der Waals surface area contributed by atoms with Crippen molar-refractivity contribution in [3.8, 4) is 11.5 Å². The Morgan fingerprint density at radius 2 is 1.04 bits per heavy atom. The zero-order valence-electron chi connectivity index (χ0n) is 31.0. The van der Waals surface area contributed by atoms with Crippen molar-refractivity contribution in [1.29, 1.82) is 0 Å². The summed E-state index contributed by atoms with van der Waals surface area (Å²) in [6, 6.07) is 26.2. The number of carbonyl (C=O) groups excluding carboxylic acids is 2. The lowest BCUT2D eigenvalue weighted by atomic mass is 10.3. The van der Waals surface area contributed by atoms with Crippen LogP contribution in [0, 0.1) is 0 Å². The van der Waals surface area contributed by atoms with Crippen molar-refractivity contribution in [3.05, 3.63) is 128 Å². The third kappa shape index (κ3) is 15.4. The molecule has 0 spiro atoms. The number of sulfone groups is 2. The van der Waals surface area contributed by atoms with E-state index in [-0.39, 0.29) is 30.4 Å². The summed E-state index contributed by atoms with van der Waals surface area (Å²) >= 11 is 6.61. The fourth-order valence-electron chi connectivity index (χ4n) is 4.04. The van der Waals surface area contributed by atoms with Crippen molar-refractivity contribution < 1.29 is 45.4 Å². The molecule has 0 aliphatic carbocycles. The van der Waals surface area contributed by atoms with Gasteiger partial charge in [-0.3, -0.25) is 0 Å². The van der Waals surface area contributed by atoms with Crippen LogP contribution in [0.2, 0.25) is 0 Å². The third-order valence-corrected chi connectivity index (χ3v) is 11.3. The number of esters is 2. The second kappa shape index (κ2) is 23.9. The van der Waals surface area contributed by atoms with Crippen LogP contribution in [0.15, 0.2) is 138 Å². The van der Waals surface area contributed by atoms with E-state index in [0.29, 0.717) is 17.2 Å². The van der Waals surface area contributed by atoms with E-state index in [1.807, 2.05) is 24.3 Å². The van der Waals surface area contributed by atoms with Gasteiger partial charge in [0.15, 0.2) is 9.81 Å². The highest BCUT2D eigenvalue weighted by Crippen LogP contribution is 2.25. The number of ether oxygens (including phenoxy) is 4. The van der Waals surface area contributed by atoms with Crippen molar-refractivity contribution in [2.45, 2.75) is 31.1 Å². The van der Waals surface area contributed by atoms with E-state index in [0.717, 1.165) is 20.8 Å². The van der Waals surface area contributed by atoms with E-state index in [1.165, 1.54) is 73.9 Å². The van der Waals surface area contributed by atoms with Gasteiger partial charge in [0.2, 0.25) is 19.7 Å². The van der Waals surface area contributed by atoms with Gasteiger partial charge >= 0.3 is 11.9 Å². The monoisotopic (exact) mass is 939 g/mol. The van der Waals surface area contributed by atoms with Gasteiger partial charge in [0.25, 0.3) is 0 Å². The highest BCUT2D eigenvalue weighted by molar-refractivity contribution is 9.10. The van der Waals surface area contributed by atoms with Crippen LogP contribution in [-0.4, -0.2) is 75.2 Å². The minimum absolute atomic E-state index is 0. The maximum Gasteiger partial charge on any atom is 0.351 e. The van der Waals surface area contributed by atoms with Crippen LogP contribution >= 0.6 is 31.9 Å². The maximum atomic E-state index is 12.9. The zero-order valence-corrected chi connectivity index (χ0v) is 35.8. The average Bonchev–Trinajstić information content (AvgIpc) is 3.16. The highest BCUT2D eigenvalue weighted by Gasteiger charge is 2.30. The molecule has 0 atom stereocenters. The Morgan fingerprint density at radius 3 is 1.39 bits per heavy atom. The number of nitrogen functional groups attached to an aromatic ring is 1. The number of benzene rings is 4. The van der Waals surface area contributed by atoms with Gasteiger partial charge < -0.3 is 34.9 Å². The molecular weight excluding hydrogens is 894 g/mol. The largest absolute Gasteiger partial charge is 0.497 e. The molecule has 17 heteroatoms. The number of halogens is 2. The van der Waals surface area contributed by atoms with Crippen molar-refractivity contribution >= 4 is 74.8 Å². The molecular formula is C39H47Br2N3O10S2. The van der Waals surface area contributed by atoms with Crippen molar-refractivity contribution in [3.63, 3.8) is 0 Å². The Balaban J connectivity index is 0.000000467. The number of hydrogen-bond acceptors (Lipinski definition) is 13. The first-order chi connectivity index (χ1) is 26.0. The molecule has 4 aromatic carbocycles. The molecule has 0 aliphatic rings. The van der Waals surface area contributed by atoms with Crippen molar-refractivity contribution in [2.75, 3.05) is 52.6 Å². The number of nitrogens with zero attached hydrogens (tertiary/aromatic N) is 1. The van der Waals surface area contributed by atoms with Crippen LogP contribution in [-0.2, 0) is 38.7 Å². The lowest BCUT2D eigenvalue weighted by Crippen LogP contribution is -2.19. The summed E-state index contributed by atoms with van der Waals surface area (Å²) in [5, 5.41) is 2.82. The van der Waals surface area contributed by atoms with Gasteiger partial charge in [-0.05, 0) is 111 Å². The van der Waals surface area contributed by atoms with E-state index in [2.05, 4.69) is 37.2 Å². The van der Waals surface area contributed by atoms with Crippen LogP contribution in [0.1, 0.15) is 21.3 Å². The summed E-state index contributed by atoms with van der Waals surface area (Å²) in [4.78, 5) is 24.7. The standard InChI is InChI=1S/C18H18BrNO5S.C14H19NO5S.C6H6BrN.CH4/c1-3-25-18(21)17(12-20-14-6-4-13(19)5-7-14)26(22,23)16-10-8-15(24-2)9-11-16;1-5-20-14(16)13(10-15(2)3)21(17,18)12-8-6-11(19-4)7-9-12;7-5-1-3-6(8)4-2-5;/h4-12,20H,3H2,1-2H3;6-10H,5H2,1-4H3;1-4H,8H2;1H4/b17-12+;13-10+;;. The second-order valence-corrected chi connectivity index (χ2v) is 16.6. The topological polar surface area (TPSA) is 181 Å². The molecule has 0 fully saturated rings. The minimum atomic E-state index is -4.07. The molecule has 0 heterocycles. The number of rotatable bonds is 13. The Hall–Kier alpha value is -4.84. The first-order valence-corrected chi connectivity index (χ1v) is 20.8. The number of methoxy groups -OCH3 is 2. The molecule has 0 aromatic heterocycles. The molecule has 3 N–H and O–H groups in total. The molecule has 56 heavy (non-hydrogen) atoms. The van der Waals surface area contributed by atoms with Gasteiger partial charge in [-0.15, -0.1) is 0 Å². The summed E-state index contributed by atoms with van der Waals surface area (Å²) in [7, 11) is -1.80. The van der Waals surface area contributed by atoms with Crippen LogP contribution in [0.3, 0.4) is 0 Å². The molecule has 0 radical (unpaired) electrons. The second-order valence-electron chi connectivity index (χ2n) is 11.0. The Bertz CT molecular complexity index is 2100. The van der Waals surface area contributed by atoms with Gasteiger partial charge in [-0.25, -0.2) is 26.4 Å². The summed E-state index contributed by atoms with van der Waals surface area (Å²) in [6.07, 6.45) is 2.37. The minimum Gasteiger partial charge on any atom is -0.497 e. The maximum absolute atomic E-state index is 12.9. The van der Waals surface area contributed by atoms with Crippen LogP contribution in [0.4, 0.5) is 11.4 Å². The van der Waals surface area contributed by atoms with E-state index in [9.17, 15) is 26.4 Å². The van der Waals surface area contributed by atoms with E-state index >= 15 is 0 Å². The fraction of sp³-hybridized carbons (Fsp3) is 0.231. The molecule has 13 nitrogen and oxygen atoms in total. The fourth-order valence-corrected chi connectivity index (χ4v) is 7.18. The van der Waals surface area contributed by atoms with Gasteiger partial charge in [0, 0.05) is 46.8 Å². The number of nitrogens with two attached hydrogens (primary N) is 1. The number of hydrogen-bond donors (Lipinski definition) is 2. The summed E-state index contributed by atoms with van der Waals surface area (Å²) in [5.74, 6) is -0.753. The van der Waals surface area contributed by atoms with E-state index in [4.69, 9.17) is 24.7 Å². The molecule has 0 saturated heterocycles. The number of carbonyl (C=O) groups is 2. The predicted octanol–water partition coefficient (Wildman–Crippen LogP) is 7.85. The first kappa shape index (κ1) is 49.2. The van der Waals surface area contributed by atoms with Crippen molar-refractivity contribution in [1.82, 2.24) is 4.90 Å². The molecule has 0 aliphatic heterocycles. The molecule has 0 amide bonds. The molecule has 0 unspecified atom stereocenters. The van der Waals surface area contributed by atoms with Gasteiger partial charge in [-0.1, -0.05) is 39.3 Å². The molecule has 0 saturated carbocycles. The summed E-state index contributed by atoms with van der Waals surface area (Å²) in [5.41, 5.74) is 6.83. The zero-order chi connectivity index (χ0) is 41.2. The summed E-state index contributed by atoms with van der Waals surface area (Å²) < 4.78 is 72.5. The first-order valence-electron chi connectivity index (χ1n) is 16.2. The molecule has 0 bridgehead atoms. The smallest absolute Gasteiger partial charge is 0.351 e. The van der Waals surface area contributed by atoms with Gasteiger partial charge in [-0.2, -0.15) is 0 Å². The van der Waals surface area contributed by atoms with E-state index in [1.54, 1.807) is 52.2 Å². The van der Waals surface area contributed by atoms with Crippen LogP contribution in [0.5, 0.6) is 11.5 Å². The van der Waals surface area contributed by atoms with Gasteiger partial charge in [0.05, 0.1) is 37.2 Å². The quantitative estimate of drug-likeness (QED) is 0.0753. The van der Waals surface area contributed by atoms with Crippen molar-refractivity contribution in [2.24, 2.45) is 0 Å².